The van der Waals surface area contributed by atoms with E-state index in [2.05, 4.69) is 0 Å². The quantitative estimate of drug-likeness (QED) is 0.426. The molecule has 8 heteroatoms. The number of nitrogens with one attached hydrogen (secondary N) is 1. The van der Waals surface area contributed by atoms with Gasteiger partial charge in [0, 0.05) is 0 Å². The molecular formula is C3H3ClN2O4S. The lowest BCUT2D eigenvalue weighted by molar-refractivity contribution is 0.213. The van der Waals surface area contributed by atoms with Crippen LogP contribution in [0.1, 0.15) is 0 Å². The molecule has 11 heavy (non-hydrogen) atoms. The monoisotopic (exact) mass is 198 g/mol. The zero-order valence-corrected chi connectivity index (χ0v) is 6.65. The van der Waals surface area contributed by atoms with Crippen molar-refractivity contribution >= 4 is 33.0 Å². The van der Waals surface area contributed by atoms with Crippen LogP contribution in [0.5, 0.6) is 0 Å². The van der Waals surface area contributed by atoms with Crippen molar-refractivity contribution in [2.45, 2.75) is 0 Å². The Morgan fingerprint density at radius 1 is 1.64 bits per heavy atom. The molecule has 6 nitrogen and oxygen atoms in total. The van der Waals surface area contributed by atoms with Gasteiger partial charge in [-0.05, 0) is 11.6 Å². The number of nitrogens with zero attached hydrogens (tertiary/aromatic N) is 1. The lowest BCUT2D eigenvalue weighted by Gasteiger charge is -2.01. The number of carbonyl (C=O) groups is 2. The Morgan fingerprint density at radius 2 is 2.18 bits per heavy atom. The van der Waals surface area contributed by atoms with Crippen LogP contribution in [-0.4, -0.2) is 30.6 Å². The van der Waals surface area contributed by atoms with Gasteiger partial charge in [0.05, 0.1) is 0 Å². The van der Waals surface area contributed by atoms with Crippen LogP contribution in [0, 0.1) is 0 Å². The van der Waals surface area contributed by atoms with Crippen molar-refractivity contribution in [3.63, 3.8) is 0 Å². The summed E-state index contributed by atoms with van der Waals surface area (Å²) in [4.78, 5) is 21.3. The Labute approximate surface area is 67.2 Å². The topological polar surface area (TPSA) is 83.6 Å². The number of urea groups is 1. The third-order valence-corrected chi connectivity index (χ3v) is 2.29. The summed E-state index contributed by atoms with van der Waals surface area (Å²) in [5, 5.41) is -1.11. The second kappa shape index (κ2) is 2.35. The number of sulfonamides is 1. The first-order valence-corrected chi connectivity index (χ1v) is 4.47. The van der Waals surface area contributed by atoms with Gasteiger partial charge < -0.3 is 0 Å². The van der Waals surface area contributed by atoms with Gasteiger partial charge in [-0.2, -0.15) is 0 Å². The number of halogens is 1. The number of imide groups is 1. The molecule has 0 aromatic rings. The predicted molar refractivity (Wildman–Crippen MR) is 35.4 cm³/mol. The van der Waals surface area contributed by atoms with Gasteiger partial charge in [0.1, 0.15) is 0 Å². The summed E-state index contributed by atoms with van der Waals surface area (Å²) in [6.07, 6.45) is 0. The van der Waals surface area contributed by atoms with E-state index in [1.165, 1.54) is 0 Å². The first-order chi connectivity index (χ1) is 4.92. The average Bonchev–Trinajstić information content (AvgIpc) is 2.05. The highest BCUT2D eigenvalue weighted by Gasteiger charge is 2.35. The molecule has 0 radical (unpaired) electrons. The molecule has 1 heterocycles. The third-order valence-electron chi connectivity index (χ3n) is 0.999. The summed E-state index contributed by atoms with van der Waals surface area (Å²) in [5.41, 5.74) is 0. The minimum atomic E-state index is -3.67. The van der Waals surface area contributed by atoms with Crippen LogP contribution in [0.4, 0.5) is 9.59 Å². The normalized spacial score (nSPS) is 21.5. The fourth-order valence-electron chi connectivity index (χ4n) is 0.580. The van der Waals surface area contributed by atoms with Crippen molar-refractivity contribution in [2.75, 3.05) is 5.88 Å². The van der Waals surface area contributed by atoms with Crippen molar-refractivity contribution in [3.05, 3.63) is 0 Å². The lowest BCUT2D eigenvalue weighted by Crippen LogP contribution is -2.29. The second-order valence-corrected chi connectivity index (χ2v) is 3.85. The molecule has 1 fully saturated rings. The third kappa shape index (κ3) is 1.60. The van der Waals surface area contributed by atoms with Gasteiger partial charge in [-0.3, -0.25) is 4.79 Å². The molecule has 1 N–H and O–H groups in total. The molecule has 0 bridgehead atoms. The van der Waals surface area contributed by atoms with E-state index in [-0.39, 0.29) is 0 Å². The van der Waals surface area contributed by atoms with Gasteiger partial charge in [0.15, 0.2) is 5.88 Å². The van der Waals surface area contributed by atoms with E-state index < -0.39 is 27.3 Å². The molecular weight excluding hydrogens is 196 g/mol. The second-order valence-electron chi connectivity index (χ2n) is 1.83. The summed E-state index contributed by atoms with van der Waals surface area (Å²) in [6.45, 7) is 0. The van der Waals surface area contributed by atoms with E-state index >= 15 is 0 Å². The molecule has 0 aromatic carbocycles. The zero-order valence-electron chi connectivity index (χ0n) is 5.07. The van der Waals surface area contributed by atoms with Crippen molar-refractivity contribution in [1.82, 2.24) is 9.62 Å². The molecule has 0 aliphatic carbocycles. The molecule has 0 spiro atoms. The minimum Gasteiger partial charge on any atom is -0.255 e. The number of amides is 3. The standard InChI is InChI=1S/C3H3ClN2O4S/c4-2(7)6-1-11(9,10)5-3(6)8/h1H2,(H,5,8). The van der Waals surface area contributed by atoms with E-state index in [0.29, 0.717) is 4.90 Å². The maximum absolute atomic E-state index is 10.6. The number of rotatable bonds is 0. The van der Waals surface area contributed by atoms with Gasteiger partial charge in [-0.25, -0.2) is 22.8 Å². The lowest BCUT2D eigenvalue weighted by atomic mass is 10.8. The predicted octanol–water partition coefficient (Wildman–Crippen LogP) is -0.342. The molecule has 1 saturated heterocycles. The first kappa shape index (κ1) is 8.28. The van der Waals surface area contributed by atoms with Crippen LogP contribution in [0.3, 0.4) is 0 Å². The number of hydrogen-bond acceptors (Lipinski definition) is 4. The van der Waals surface area contributed by atoms with Gasteiger partial charge in [0.2, 0.25) is 0 Å². The van der Waals surface area contributed by atoms with E-state index in [4.69, 9.17) is 11.6 Å². The van der Waals surface area contributed by atoms with Crippen LogP contribution >= 0.6 is 11.6 Å². The highest BCUT2D eigenvalue weighted by Crippen LogP contribution is 2.07. The summed E-state index contributed by atoms with van der Waals surface area (Å²) >= 11 is 4.87. The molecule has 1 rings (SSSR count). The largest absolute Gasteiger partial charge is 0.339 e. The van der Waals surface area contributed by atoms with Crippen LogP contribution in [0.2, 0.25) is 0 Å². The van der Waals surface area contributed by atoms with E-state index in [9.17, 15) is 18.0 Å². The number of carbonyl (C=O) groups excluding carboxylic acids is 2. The smallest absolute Gasteiger partial charge is 0.255 e. The molecule has 1 aliphatic heterocycles. The molecule has 1 aliphatic rings. The van der Waals surface area contributed by atoms with Crippen molar-refractivity contribution < 1.29 is 18.0 Å². The SMILES string of the molecule is O=C(Cl)N1CS(=O)(=O)NC1=O. The van der Waals surface area contributed by atoms with E-state index in [0.717, 1.165) is 0 Å². The Morgan fingerprint density at radius 3 is 2.36 bits per heavy atom. The first-order valence-electron chi connectivity index (χ1n) is 2.44. The van der Waals surface area contributed by atoms with Gasteiger partial charge >= 0.3 is 11.4 Å². The van der Waals surface area contributed by atoms with Gasteiger partial charge in [-0.1, -0.05) is 0 Å². The van der Waals surface area contributed by atoms with E-state index in [1.54, 1.807) is 4.72 Å². The molecule has 0 saturated carbocycles. The van der Waals surface area contributed by atoms with Crippen LogP contribution in [-0.2, 0) is 10.0 Å². The molecule has 62 valence electrons. The van der Waals surface area contributed by atoms with Gasteiger partial charge in [0.25, 0.3) is 10.0 Å². The van der Waals surface area contributed by atoms with E-state index in [1.807, 2.05) is 0 Å². The molecule has 3 amide bonds. The van der Waals surface area contributed by atoms with Crippen molar-refractivity contribution in [1.29, 1.82) is 0 Å². The summed E-state index contributed by atoms with van der Waals surface area (Å²) in [5.74, 6) is -0.700. The van der Waals surface area contributed by atoms with Crippen molar-refractivity contribution in [3.8, 4) is 0 Å². The summed E-state index contributed by atoms with van der Waals surface area (Å²) < 4.78 is 22.7. The van der Waals surface area contributed by atoms with Crippen molar-refractivity contribution in [2.24, 2.45) is 0 Å². The summed E-state index contributed by atoms with van der Waals surface area (Å²) in [6, 6.07) is -1.01. The molecule has 0 aromatic heterocycles. The summed E-state index contributed by atoms with van der Waals surface area (Å²) in [7, 11) is -3.67. The fourth-order valence-corrected chi connectivity index (χ4v) is 1.80. The Kier molecular flexibility index (Phi) is 1.77. The highest BCUT2D eigenvalue weighted by molar-refractivity contribution is 7.90. The maximum atomic E-state index is 10.6. The Balaban J connectivity index is 2.92. The van der Waals surface area contributed by atoms with Crippen LogP contribution in [0.25, 0.3) is 0 Å². The number of hydrogen-bond donors (Lipinski definition) is 1. The Hall–Kier alpha value is -0.820. The van der Waals surface area contributed by atoms with Crippen LogP contribution in [0.15, 0.2) is 0 Å². The minimum absolute atomic E-state index is 0.386. The maximum Gasteiger partial charge on any atom is 0.339 e. The Bertz CT molecular complexity index is 309. The van der Waals surface area contributed by atoms with Crippen LogP contribution < -0.4 is 4.72 Å². The highest BCUT2D eigenvalue weighted by atomic mass is 35.5. The van der Waals surface area contributed by atoms with Gasteiger partial charge in [-0.15, -0.1) is 0 Å². The molecule has 0 atom stereocenters. The fraction of sp³-hybridized carbons (Fsp3) is 0.333. The average molecular weight is 199 g/mol. The molecule has 0 unspecified atom stereocenters. The zero-order chi connectivity index (χ0) is 8.65.